The minimum Gasteiger partial charge on any atom is -0.380 e. The monoisotopic (exact) mass is 197 g/mol. The molecular weight excluding hydrogens is 174 g/mol. The van der Waals surface area contributed by atoms with Gasteiger partial charge in [0.2, 0.25) is 0 Å². The largest absolute Gasteiger partial charge is 0.380 e. The molecule has 2 aliphatic carbocycles. The lowest BCUT2D eigenvalue weighted by Crippen LogP contribution is -2.36. The van der Waals surface area contributed by atoms with Gasteiger partial charge in [-0.05, 0) is 50.5 Å². The van der Waals surface area contributed by atoms with Crippen LogP contribution < -0.4 is 5.32 Å². The van der Waals surface area contributed by atoms with Crippen LogP contribution in [0.25, 0.3) is 0 Å². The van der Waals surface area contributed by atoms with Crippen molar-refractivity contribution in [3.63, 3.8) is 0 Å². The van der Waals surface area contributed by atoms with Crippen molar-refractivity contribution < 1.29 is 4.74 Å². The standard InChI is InChI=1S/C12H23NO/c1-2-7-13-12(11-5-6-11)9-14-8-10-3-4-10/h10-13H,2-9H2,1H3. The molecule has 0 aromatic heterocycles. The van der Waals surface area contributed by atoms with E-state index in [0.717, 1.165) is 31.6 Å². The van der Waals surface area contributed by atoms with Crippen LogP contribution in [0.3, 0.4) is 0 Å². The molecule has 1 unspecified atom stereocenters. The molecule has 0 spiro atoms. The van der Waals surface area contributed by atoms with E-state index in [0.29, 0.717) is 6.04 Å². The number of ether oxygens (including phenoxy) is 1. The van der Waals surface area contributed by atoms with Crippen molar-refractivity contribution in [2.45, 2.75) is 45.1 Å². The van der Waals surface area contributed by atoms with Gasteiger partial charge in [0, 0.05) is 12.6 Å². The van der Waals surface area contributed by atoms with E-state index >= 15 is 0 Å². The first-order valence-electron chi connectivity index (χ1n) is 6.21. The molecule has 0 amide bonds. The molecule has 14 heavy (non-hydrogen) atoms. The van der Waals surface area contributed by atoms with Gasteiger partial charge in [-0.3, -0.25) is 0 Å². The average molecular weight is 197 g/mol. The van der Waals surface area contributed by atoms with E-state index in [9.17, 15) is 0 Å². The van der Waals surface area contributed by atoms with Crippen molar-refractivity contribution in [3.8, 4) is 0 Å². The quantitative estimate of drug-likeness (QED) is 0.644. The molecule has 2 nitrogen and oxygen atoms in total. The zero-order valence-corrected chi connectivity index (χ0v) is 9.30. The SMILES string of the molecule is CCCNC(COCC1CC1)C1CC1. The number of nitrogens with one attached hydrogen (secondary N) is 1. The van der Waals surface area contributed by atoms with Gasteiger partial charge in [-0.15, -0.1) is 0 Å². The van der Waals surface area contributed by atoms with Crippen LogP contribution in [-0.4, -0.2) is 25.8 Å². The zero-order chi connectivity index (χ0) is 9.80. The van der Waals surface area contributed by atoms with Crippen molar-refractivity contribution in [2.24, 2.45) is 11.8 Å². The van der Waals surface area contributed by atoms with Crippen molar-refractivity contribution in [1.82, 2.24) is 5.32 Å². The minimum atomic E-state index is 0.647. The van der Waals surface area contributed by atoms with E-state index in [4.69, 9.17) is 4.74 Å². The molecule has 1 N–H and O–H groups in total. The van der Waals surface area contributed by atoms with Gasteiger partial charge in [0.25, 0.3) is 0 Å². The van der Waals surface area contributed by atoms with Gasteiger partial charge in [0.05, 0.1) is 6.61 Å². The number of hydrogen-bond acceptors (Lipinski definition) is 2. The van der Waals surface area contributed by atoms with Crippen molar-refractivity contribution in [2.75, 3.05) is 19.8 Å². The normalized spacial score (nSPS) is 23.8. The van der Waals surface area contributed by atoms with E-state index in [1.807, 2.05) is 0 Å². The molecule has 0 aromatic rings. The van der Waals surface area contributed by atoms with E-state index < -0.39 is 0 Å². The van der Waals surface area contributed by atoms with Gasteiger partial charge in [-0.25, -0.2) is 0 Å². The first kappa shape index (κ1) is 10.4. The summed E-state index contributed by atoms with van der Waals surface area (Å²) in [5.74, 6) is 1.82. The second-order valence-electron chi connectivity index (χ2n) is 4.88. The Morgan fingerprint density at radius 1 is 1.29 bits per heavy atom. The molecular formula is C12H23NO. The van der Waals surface area contributed by atoms with Gasteiger partial charge in [-0.1, -0.05) is 6.92 Å². The summed E-state index contributed by atoms with van der Waals surface area (Å²) in [5.41, 5.74) is 0. The Kier molecular flexibility index (Phi) is 3.82. The highest BCUT2D eigenvalue weighted by Crippen LogP contribution is 2.33. The molecule has 0 heterocycles. The predicted molar refractivity (Wildman–Crippen MR) is 58.3 cm³/mol. The molecule has 0 radical (unpaired) electrons. The fourth-order valence-corrected chi connectivity index (χ4v) is 1.84. The van der Waals surface area contributed by atoms with E-state index in [1.54, 1.807) is 0 Å². The average Bonchev–Trinajstić information content (AvgIpc) is 3.02. The first-order chi connectivity index (χ1) is 6.90. The van der Waals surface area contributed by atoms with Crippen LogP contribution in [-0.2, 0) is 4.74 Å². The first-order valence-corrected chi connectivity index (χ1v) is 6.21. The molecule has 0 aliphatic heterocycles. The molecule has 2 rings (SSSR count). The van der Waals surface area contributed by atoms with Gasteiger partial charge >= 0.3 is 0 Å². The smallest absolute Gasteiger partial charge is 0.0622 e. The lowest BCUT2D eigenvalue weighted by atomic mass is 10.2. The van der Waals surface area contributed by atoms with Crippen LogP contribution in [0.4, 0.5) is 0 Å². The molecule has 82 valence electrons. The van der Waals surface area contributed by atoms with Gasteiger partial charge < -0.3 is 10.1 Å². The maximum Gasteiger partial charge on any atom is 0.0622 e. The Hall–Kier alpha value is -0.0800. The Labute approximate surface area is 87.4 Å². The summed E-state index contributed by atoms with van der Waals surface area (Å²) in [4.78, 5) is 0. The lowest BCUT2D eigenvalue weighted by molar-refractivity contribution is 0.0970. The predicted octanol–water partition coefficient (Wildman–Crippen LogP) is 2.19. The summed E-state index contributed by atoms with van der Waals surface area (Å²) >= 11 is 0. The maximum absolute atomic E-state index is 5.76. The molecule has 2 heteroatoms. The van der Waals surface area contributed by atoms with Gasteiger partial charge in [0.15, 0.2) is 0 Å². The number of hydrogen-bond donors (Lipinski definition) is 1. The third kappa shape index (κ3) is 3.58. The highest BCUT2D eigenvalue weighted by Gasteiger charge is 2.31. The molecule has 2 saturated carbocycles. The van der Waals surface area contributed by atoms with Crippen molar-refractivity contribution in [3.05, 3.63) is 0 Å². The summed E-state index contributed by atoms with van der Waals surface area (Å²) in [5, 5.41) is 3.60. The molecule has 0 aromatic carbocycles. The maximum atomic E-state index is 5.76. The molecule has 2 aliphatic rings. The zero-order valence-electron chi connectivity index (χ0n) is 9.30. The van der Waals surface area contributed by atoms with Crippen LogP contribution in [0.15, 0.2) is 0 Å². The highest BCUT2D eigenvalue weighted by atomic mass is 16.5. The van der Waals surface area contributed by atoms with Crippen LogP contribution in [0.5, 0.6) is 0 Å². The topological polar surface area (TPSA) is 21.3 Å². The Morgan fingerprint density at radius 3 is 2.64 bits per heavy atom. The van der Waals surface area contributed by atoms with Crippen LogP contribution in [0, 0.1) is 11.8 Å². The van der Waals surface area contributed by atoms with Crippen LogP contribution >= 0.6 is 0 Å². The Morgan fingerprint density at radius 2 is 2.07 bits per heavy atom. The molecule has 1 atom stereocenters. The summed E-state index contributed by atoms with van der Waals surface area (Å²) in [7, 11) is 0. The number of rotatable bonds is 8. The summed E-state index contributed by atoms with van der Waals surface area (Å²) in [6.45, 7) is 5.33. The van der Waals surface area contributed by atoms with Crippen LogP contribution in [0.1, 0.15) is 39.0 Å². The van der Waals surface area contributed by atoms with Gasteiger partial charge in [0.1, 0.15) is 0 Å². The third-order valence-electron chi connectivity index (χ3n) is 3.20. The second kappa shape index (κ2) is 5.13. The molecule has 2 fully saturated rings. The molecule has 0 bridgehead atoms. The van der Waals surface area contributed by atoms with Crippen LogP contribution in [0.2, 0.25) is 0 Å². The second-order valence-corrected chi connectivity index (χ2v) is 4.88. The van der Waals surface area contributed by atoms with Crippen molar-refractivity contribution in [1.29, 1.82) is 0 Å². The summed E-state index contributed by atoms with van der Waals surface area (Å²) in [6.07, 6.45) is 6.85. The Bertz CT molecular complexity index is 164. The van der Waals surface area contributed by atoms with E-state index in [2.05, 4.69) is 12.2 Å². The van der Waals surface area contributed by atoms with E-state index in [1.165, 1.54) is 32.1 Å². The van der Waals surface area contributed by atoms with Gasteiger partial charge in [-0.2, -0.15) is 0 Å². The Balaban J connectivity index is 1.56. The van der Waals surface area contributed by atoms with E-state index in [-0.39, 0.29) is 0 Å². The lowest BCUT2D eigenvalue weighted by Gasteiger charge is -2.17. The third-order valence-corrected chi connectivity index (χ3v) is 3.20. The fraction of sp³-hybridized carbons (Fsp3) is 1.00. The molecule has 0 saturated heterocycles. The minimum absolute atomic E-state index is 0.647. The summed E-state index contributed by atoms with van der Waals surface area (Å²) in [6, 6.07) is 0.647. The summed E-state index contributed by atoms with van der Waals surface area (Å²) < 4.78 is 5.76. The fourth-order valence-electron chi connectivity index (χ4n) is 1.84. The highest BCUT2D eigenvalue weighted by molar-refractivity contribution is 4.86. The van der Waals surface area contributed by atoms with Crippen molar-refractivity contribution >= 4 is 0 Å².